The zero-order valence-electron chi connectivity index (χ0n) is 14.6. The Balaban J connectivity index is 0.00000225. The molecule has 2 N–H and O–H groups in total. The number of likely N-dealkylation sites (N-methyl/N-ethyl adjacent to an activating group) is 1. The molecule has 2 amide bonds. The molecule has 9 heteroatoms. The maximum Gasteiger partial charge on any atom is 0.239 e. The molecule has 0 aromatic rings. The van der Waals surface area contributed by atoms with Crippen molar-refractivity contribution in [3.05, 3.63) is 0 Å². The monoisotopic (exact) mass is 393 g/mol. The van der Waals surface area contributed by atoms with Crippen LogP contribution in [0.4, 0.5) is 0 Å². The highest BCUT2D eigenvalue weighted by atomic mass is 35.5. The number of nitrogens with one attached hydrogen (secondary N) is 2. The van der Waals surface area contributed by atoms with Crippen LogP contribution in [0.5, 0.6) is 0 Å². The molecule has 3 aliphatic rings. The molecule has 0 aromatic heterocycles. The number of carbonyl (C=O) groups excluding carboxylic acids is 2. The summed E-state index contributed by atoms with van der Waals surface area (Å²) in [6.07, 6.45) is 4.64. The lowest BCUT2D eigenvalue weighted by molar-refractivity contribution is -0.146. The molecule has 0 aromatic carbocycles. The summed E-state index contributed by atoms with van der Waals surface area (Å²) < 4.78 is 22.9. The first-order valence-electron chi connectivity index (χ1n) is 8.78. The van der Waals surface area contributed by atoms with Crippen LogP contribution in [0.25, 0.3) is 0 Å². The molecule has 25 heavy (non-hydrogen) atoms. The fraction of sp³-hybridized carbons (Fsp3) is 0.875. The van der Waals surface area contributed by atoms with E-state index in [2.05, 4.69) is 10.6 Å². The predicted octanol–water partition coefficient (Wildman–Crippen LogP) is -0.0503. The number of hydrogen-bond acceptors (Lipinski definition) is 5. The molecule has 3 fully saturated rings. The number of sulfone groups is 1. The van der Waals surface area contributed by atoms with Crippen molar-refractivity contribution >= 4 is 34.1 Å². The Kier molecular flexibility index (Phi) is 6.38. The molecule has 1 aliphatic carbocycles. The van der Waals surface area contributed by atoms with E-state index < -0.39 is 9.84 Å². The third-order valence-corrected chi connectivity index (χ3v) is 7.56. The van der Waals surface area contributed by atoms with E-state index >= 15 is 0 Å². The minimum absolute atomic E-state index is 0. The number of rotatable bonds is 4. The number of amides is 2. The number of nitrogens with zero attached hydrogens (tertiary/aromatic N) is 1. The number of fused-ring (bicyclic) bond motifs is 1. The summed E-state index contributed by atoms with van der Waals surface area (Å²) in [5.41, 5.74) is -0.357. The summed E-state index contributed by atoms with van der Waals surface area (Å²) in [6.45, 7) is 1.57. The van der Waals surface area contributed by atoms with Crippen LogP contribution in [0, 0.1) is 11.3 Å². The van der Waals surface area contributed by atoms with Crippen molar-refractivity contribution in [2.24, 2.45) is 11.3 Å². The van der Waals surface area contributed by atoms with Gasteiger partial charge in [0.2, 0.25) is 11.8 Å². The van der Waals surface area contributed by atoms with Crippen LogP contribution in [0.2, 0.25) is 0 Å². The average Bonchev–Trinajstić information content (AvgIpc) is 3.10. The van der Waals surface area contributed by atoms with Crippen molar-refractivity contribution in [3.8, 4) is 0 Å². The Labute approximate surface area is 155 Å². The molecule has 3 atom stereocenters. The van der Waals surface area contributed by atoms with Crippen molar-refractivity contribution in [2.75, 3.05) is 38.2 Å². The Bertz CT molecular complexity index is 627. The van der Waals surface area contributed by atoms with Crippen molar-refractivity contribution in [1.82, 2.24) is 15.5 Å². The fourth-order valence-corrected chi connectivity index (χ4v) is 6.19. The van der Waals surface area contributed by atoms with Gasteiger partial charge < -0.3 is 15.5 Å². The van der Waals surface area contributed by atoms with Crippen LogP contribution in [-0.2, 0) is 19.4 Å². The van der Waals surface area contributed by atoms with E-state index in [0.29, 0.717) is 18.9 Å². The standard InChI is InChI=1S/C16H27N3O4S.ClH/c1-19(9-14(20)18-13-5-7-24(22,23)10-13)15(21)16-6-3-2-4-12(16)8-17-11-16;/h12-13,17H,2-11H2,1H3,(H,18,20);1H/t12-,13?,16+;/m0./s1. The average molecular weight is 394 g/mol. The Morgan fingerprint density at radius 2 is 2.04 bits per heavy atom. The lowest BCUT2D eigenvalue weighted by atomic mass is 9.67. The van der Waals surface area contributed by atoms with Gasteiger partial charge in [0.1, 0.15) is 0 Å². The lowest BCUT2D eigenvalue weighted by Crippen LogP contribution is -2.51. The van der Waals surface area contributed by atoms with E-state index in [9.17, 15) is 18.0 Å². The first kappa shape index (κ1) is 20.5. The molecule has 2 saturated heterocycles. The van der Waals surface area contributed by atoms with Gasteiger partial charge in [-0.25, -0.2) is 8.42 Å². The number of halogens is 1. The van der Waals surface area contributed by atoms with Gasteiger partial charge in [0, 0.05) is 19.6 Å². The second-order valence-electron chi connectivity index (χ2n) is 7.56. The maximum atomic E-state index is 13.0. The number of carbonyl (C=O) groups is 2. The van der Waals surface area contributed by atoms with Gasteiger partial charge in [0.05, 0.1) is 23.5 Å². The van der Waals surface area contributed by atoms with Crippen LogP contribution in [-0.4, -0.2) is 69.4 Å². The van der Waals surface area contributed by atoms with Gasteiger partial charge in [-0.1, -0.05) is 12.8 Å². The van der Waals surface area contributed by atoms with E-state index in [1.807, 2.05) is 0 Å². The third kappa shape index (κ3) is 4.28. The Morgan fingerprint density at radius 3 is 2.72 bits per heavy atom. The second kappa shape index (κ2) is 7.80. The summed E-state index contributed by atoms with van der Waals surface area (Å²) in [5.74, 6) is 0.272. The molecule has 0 spiro atoms. The Hall–Kier alpha value is -0.860. The molecule has 0 bridgehead atoms. The van der Waals surface area contributed by atoms with Crippen LogP contribution in [0.1, 0.15) is 32.1 Å². The third-order valence-electron chi connectivity index (χ3n) is 5.79. The highest BCUT2D eigenvalue weighted by Crippen LogP contribution is 2.44. The maximum absolute atomic E-state index is 13.0. The second-order valence-corrected chi connectivity index (χ2v) is 9.79. The molecular formula is C16H28ClN3O4S. The van der Waals surface area contributed by atoms with Gasteiger partial charge in [0.15, 0.2) is 9.84 Å². The van der Waals surface area contributed by atoms with Crippen molar-refractivity contribution in [1.29, 1.82) is 0 Å². The van der Waals surface area contributed by atoms with Crippen molar-refractivity contribution in [2.45, 2.75) is 38.1 Å². The summed E-state index contributed by atoms with van der Waals surface area (Å²) in [4.78, 5) is 26.7. The van der Waals surface area contributed by atoms with Crippen LogP contribution in [0.15, 0.2) is 0 Å². The summed E-state index contributed by atoms with van der Waals surface area (Å²) in [6, 6.07) is -0.320. The van der Waals surface area contributed by atoms with E-state index in [0.717, 1.165) is 25.8 Å². The zero-order chi connectivity index (χ0) is 17.4. The molecule has 2 heterocycles. The van der Waals surface area contributed by atoms with E-state index in [-0.39, 0.29) is 53.7 Å². The molecule has 2 aliphatic heterocycles. The topological polar surface area (TPSA) is 95.6 Å². The van der Waals surface area contributed by atoms with E-state index in [1.165, 1.54) is 11.3 Å². The van der Waals surface area contributed by atoms with Crippen LogP contribution in [0.3, 0.4) is 0 Å². The van der Waals surface area contributed by atoms with Crippen molar-refractivity contribution < 1.29 is 18.0 Å². The minimum Gasteiger partial charge on any atom is -0.351 e. The molecule has 144 valence electrons. The molecule has 0 radical (unpaired) electrons. The molecule has 7 nitrogen and oxygen atoms in total. The minimum atomic E-state index is -3.02. The largest absolute Gasteiger partial charge is 0.351 e. The zero-order valence-corrected chi connectivity index (χ0v) is 16.3. The number of hydrogen-bond donors (Lipinski definition) is 2. The quantitative estimate of drug-likeness (QED) is 0.698. The fourth-order valence-electron chi connectivity index (χ4n) is 4.52. The van der Waals surface area contributed by atoms with Gasteiger partial charge in [-0.15, -0.1) is 12.4 Å². The smallest absolute Gasteiger partial charge is 0.239 e. The highest BCUT2D eigenvalue weighted by molar-refractivity contribution is 7.91. The SMILES string of the molecule is CN(CC(=O)NC1CCS(=O)(=O)C1)C(=O)[C@@]12CCCC[C@H]1CNC2.Cl. The van der Waals surface area contributed by atoms with Crippen LogP contribution >= 0.6 is 12.4 Å². The first-order chi connectivity index (χ1) is 11.3. The molecule has 3 rings (SSSR count). The van der Waals surface area contributed by atoms with Gasteiger partial charge in [-0.3, -0.25) is 9.59 Å². The van der Waals surface area contributed by atoms with Crippen molar-refractivity contribution in [3.63, 3.8) is 0 Å². The van der Waals surface area contributed by atoms with Gasteiger partial charge in [-0.2, -0.15) is 0 Å². The van der Waals surface area contributed by atoms with Gasteiger partial charge in [-0.05, 0) is 31.7 Å². The molecule has 1 saturated carbocycles. The first-order valence-corrected chi connectivity index (χ1v) is 10.6. The summed E-state index contributed by atoms with van der Waals surface area (Å²) >= 11 is 0. The summed E-state index contributed by atoms with van der Waals surface area (Å²) in [7, 11) is -1.35. The molecule has 1 unspecified atom stereocenters. The van der Waals surface area contributed by atoms with Crippen LogP contribution < -0.4 is 10.6 Å². The Morgan fingerprint density at radius 1 is 1.28 bits per heavy atom. The van der Waals surface area contributed by atoms with Gasteiger partial charge in [0.25, 0.3) is 0 Å². The van der Waals surface area contributed by atoms with Gasteiger partial charge >= 0.3 is 0 Å². The normalized spacial score (nSPS) is 33.2. The summed E-state index contributed by atoms with van der Waals surface area (Å²) in [5, 5.41) is 6.10. The van der Waals surface area contributed by atoms with E-state index in [1.54, 1.807) is 7.05 Å². The highest BCUT2D eigenvalue weighted by Gasteiger charge is 2.51. The molecular weight excluding hydrogens is 366 g/mol. The lowest BCUT2D eigenvalue weighted by Gasteiger charge is -2.39. The predicted molar refractivity (Wildman–Crippen MR) is 97.3 cm³/mol. The van der Waals surface area contributed by atoms with E-state index in [4.69, 9.17) is 0 Å².